The molecule has 0 aliphatic carbocycles. The van der Waals surface area contributed by atoms with Gasteiger partial charge in [-0.3, -0.25) is 10.1 Å². The largest absolute Gasteiger partial charge is 0.394 e. The van der Waals surface area contributed by atoms with Crippen LogP contribution in [0.3, 0.4) is 0 Å². The molecule has 0 fully saturated rings. The molecule has 0 unspecified atom stereocenters. The van der Waals surface area contributed by atoms with Crippen molar-refractivity contribution < 1.29 is 18.1 Å². The lowest BCUT2D eigenvalue weighted by Crippen LogP contribution is -2.08. The van der Waals surface area contributed by atoms with E-state index in [-0.39, 0.29) is 0 Å². The van der Waals surface area contributed by atoms with Crippen molar-refractivity contribution in [2.24, 2.45) is 0 Å². The van der Waals surface area contributed by atoms with Crippen molar-refractivity contribution in [2.75, 3.05) is 11.5 Å². The summed E-state index contributed by atoms with van der Waals surface area (Å²) in [6, 6.07) is 0. The molecule has 0 amide bonds. The highest BCUT2D eigenvalue weighted by molar-refractivity contribution is 5.67. The number of anilines is 2. The second-order valence-corrected chi connectivity index (χ2v) is 2.38. The van der Waals surface area contributed by atoms with Crippen LogP contribution in [0.5, 0.6) is 0 Å². The molecular formula is C6H4F3N3O2. The van der Waals surface area contributed by atoms with Crippen LogP contribution in [0, 0.1) is 27.6 Å². The van der Waals surface area contributed by atoms with E-state index >= 15 is 0 Å². The average Bonchev–Trinajstić information content (AvgIpc) is 2.11. The molecule has 0 saturated carbocycles. The topological polar surface area (TPSA) is 95.2 Å². The third kappa shape index (κ3) is 1.20. The molecule has 4 N–H and O–H groups in total. The van der Waals surface area contributed by atoms with Crippen molar-refractivity contribution in [1.29, 1.82) is 0 Å². The molecule has 0 bridgehead atoms. The highest BCUT2D eigenvalue weighted by atomic mass is 19.2. The van der Waals surface area contributed by atoms with Crippen molar-refractivity contribution in [2.45, 2.75) is 0 Å². The van der Waals surface area contributed by atoms with E-state index in [0.717, 1.165) is 0 Å². The van der Waals surface area contributed by atoms with Gasteiger partial charge in [0.2, 0.25) is 5.82 Å². The second kappa shape index (κ2) is 3.05. The second-order valence-electron chi connectivity index (χ2n) is 2.38. The van der Waals surface area contributed by atoms with E-state index in [4.69, 9.17) is 11.5 Å². The zero-order valence-electron chi connectivity index (χ0n) is 6.55. The maximum absolute atomic E-state index is 12.8. The van der Waals surface area contributed by atoms with E-state index < -0.39 is 39.4 Å². The van der Waals surface area contributed by atoms with E-state index in [1.54, 1.807) is 0 Å². The number of hydrogen-bond donors (Lipinski definition) is 2. The number of halogens is 3. The summed E-state index contributed by atoms with van der Waals surface area (Å²) in [5, 5.41) is 10.2. The van der Waals surface area contributed by atoms with Gasteiger partial charge in [0, 0.05) is 0 Å². The van der Waals surface area contributed by atoms with Gasteiger partial charge in [0.15, 0.2) is 17.3 Å². The van der Waals surface area contributed by atoms with Crippen LogP contribution in [0.25, 0.3) is 0 Å². The van der Waals surface area contributed by atoms with Gasteiger partial charge in [-0.05, 0) is 0 Å². The monoisotopic (exact) mass is 207 g/mol. The van der Waals surface area contributed by atoms with Gasteiger partial charge in [-0.1, -0.05) is 0 Å². The first kappa shape index (κ1) is 10.1. The molecule has 0 aliphatic rings. The maximum atomic E-state index is 12.8. The molecule has 8 heteroatoms. The van der Waals surface area contributed by atoms with Crippen LogP contribution in [-0.2, 0) is 0 Å². The third-order valence-electron chi connectivity index (χ3n) is 1.55. The SMILES string of the molecule is Nc1c(F)c(N)c([N+](=O)[O-])c(F)c1F. The molecule has 76 valence electrons. The molecular weight excluding hydrogens is 203 g/mol. The maximum Gasteiger partial charge on any atom is 0.333 e. The number of nitrogen functional groups attached to an aromatic ring is 2. The number of nitro groups is 1. The highest BCUT2D eigenvalue weighted by Crippen LogP contribution is 2.33. The highest BCUT2D eigenvalue weighted by Gasteiger charge is 2.29. The van der Waals surface area contributed by atoms with Crippen LogP contribution >= 0.6 is 0 Å². The van der Waals surface area contributed by atoms with E-state index in [9.17, 15) is 23.3 Å². The van der Waals surface area contributed by atoms with Crippen LogP contribution in [0.15, 0.2) is 0 Å². The third-order valence-corrected chi connectivity index (χ3v) is 1.55. The molecule has 1 aromatic rings. The number of rotatable bonds is 1. The summed E-state index contributed by atoms with van der Waals surface area (Å²) >= 11 is 0. The fourth-order valence-electron chi connectivity index (χ4n) is 0.864. The van der Waals surface area contributed by atoms with Gasteiger partial charge in [0.25, 0.3) is 0 Å². The molecule has 1 rings (SSSR count). The van der Waals surface area contributed by atoms with Crippen molar-refractivity contribution in [3.63, 3.8) is 0 Å². The van der Waals surface area contributed by atoms with Gasteiger partial charge in [-0.15, -0.1) is 0 Å². The Kier molecular flexibility index (Phi) is 2.20. The van der Waals surface area contributed by atoms with E-state index in [2.05, 4.69) is 0 Å². The van der Waals surface area contributed by atoms with Crippen LogP contribution in [0.1, 0.15) is 0 Å². The Morgan fingerprint density at radius 2 is 1.50 bits per heavy atom. The van der Waals surface area contributed by atoms with Crippen LogP contribution in [0.2, 0.25) is 0 Å². The van der Waals surface area contributed by atoms with E-state index in [0.29, 0.717) is 0 Å². The summed E-state index contributed by atoms with van der Waals surface area (Å²) in [7, 11) is 0. The first-order valence-electron chi connectivity index (χ1n) is 3.23. The van der Waals surface area contributed by atoms with Gasteiger partial charge in [-0.25, -0.2) is 8.78 Å². The van der Waals surface area contributed by atoms with Crippen molar-refractivity contribution in [1.82, 2.24) is 0 Å². The summed E-state index contributed by atoms with van der Waals surface area (Å²) in [4.78, 5) is 8.85. The van der Waals surface area contributed by atoms with Crippen molar-refractivity contribution >= 4 is 17.1 Å². The lowest BCUT2D eigenvalue weighted by Gasteiger charge is -2.04. The Morgan fingerprint density at radius 3 is 1.93 bits per heavy atom. The summed E-state index contributed by atoms with van der Waals surface area (Å²) in [6.07, 6.45) is 0. The minimum atomic E-state index is -1.87. The molecule has 1 aromatic carbocycles. The number of benzene rings is 1. The van der Waals surface area contributed by atoms with Gasteiger partial charge in [-0.2, -0.15) is 4.39 Å². The number of nitro benzene ring substituents is 1. The quantitative estimate of drug-likeness (QED) is 0.312. The molecule has 0 aromatic heterocycles. The zero-order chi connectivity index (χ0) is 11.0. The minimum absolute atomic E-state index is 1.12. The number of nitrogens with zero attached hydrogens (tertiary/aromatic N) is 1. The fraction of sp³-hybridized carbons (Fsp3) is 0. The van der Waals surface area contributed by atoms with E-state index in [1.807, 2.05) is 0 Å². The lowest BCUT2D eigenvalue weighted by molar-refractivity contribution is -0.386. The number of nitrogens with two attached hydrogens (primary N) is 2. The predicted octanol–water partition coefficient (Wildman–Crippen LogP) is 1.18. The first-order valence-corrected chi connectivity index (χ1v) is 3.23. The standard InChI is InChI=1S/C6H4F3N3O2/c7-1-2(8)6(12(13)14)5(11)3(9)4(1)10/h10-11H2. The summed E-state index contributed by atoms with van der Waals surface area (Å²) in [5.74, 6) is -5.22. The fourth-order valence-corrected chi connectivity index (χ4v) is 0.864. The Bertz CT molecular complexity index is 392. The molecule has 0 heterocycles. The molecule has 0 atom stereocenters. The van der Waals surface area contributed by atoms with Crippen molar-refractivity contribution in [3.05, 3.63) is 27.6 Å². The normalized spacial score (nSPS) is 10.2. The lowest BCUT2D eigenvalue weighted by atomic mass is 10.2. The molecule has 5 nitrogen and oxygen atoms in total. The Balaban J connectivity index is 3.68. The van der Waals surface area contributed by atoms with Crippen molar-refractivity contribution in [3.8, 4) is 0 Å². The van der Waals surface area contributed by atoms with Crippen LogP contribution in [0.4, 0.5) is 30.2 Å². The Hall–Kier alpha value is -1.99. The molecule has 0 radical (unpaired) electrons. The average molecular weight is 207 g/mol. The summed E-state index contributed by atoms with van der Waals surface area (Å²) in [5.41, 5.74) is 5.87. The summed E-state index contributed by atoms with van der Waals surface area (Å²) in [6.45, 7) is 0. The molecule has 0 saturated heterocycles. The minimum Gasteiger partial charge on any atom is -0.394 e. The van der Waals surface area contributed by atoms with Gasteiger partial charge < -0.3 is 11.5 Å². The smallest absolute Gasteiger partial charge is 0.333 e. The van der Waals surface area contributed by atoms with Gasteiger partial charge >= 0.3 is 5.69 Å². The van der Waals surface area contributed by atoms with Crippen LogP contribution in [-0.4, -0.2) is 4.92 Å². The number of hydrogen-bond acceptors (Lipinski definition) is 4. The van der Waals surface area contributed by atoms with Gasteiger partial charge in [0.1, 0.15) is 5.69 Å². The Morgan fingerprint density at radius 1 is 1.00 bits per heavy atom. The van der Waals surface area contributed by atoms with E-state index in [1.165, 1.54) is 0 Å². The first-order chi connectivity index (χ1) is 6.37. The summed E-state index contributed by atoms with van der Waals surface area (Å²) < 4.78 is 38.3. The molecule has 0 spiro atoms. The zero-order valence-corrected chi connectivity index (χ0v) is 6.55. The predicted molar refractivity (Wildman–Crippen MR) is 41.8 cm³/mol. The van der Waals surface area contributed by atoms with Crippen LogP contribution < -0.4 is 11.5 Å². The van der Waals surface area contributed by atoms with Gasteiger partial charge in [0.05, 0.1) is 4.92 Å². The molecule has 0 aliphatic heterocycles. The molecule has 14 heavy (non-hydrogen) atoms. The Labute approximate surface area is 75.3 Å².